The highest BCUT2D eigenvalue weighted by Gasteiger charge is 2.12. The smallest absolute Gasteiger partial charge is 0.335 e. The molecular formula is C22H15NO2. The van der Waals surface area contributed by atoms with Crippen molar-refractivity contribution in [3.63, 3.8) is 0 Å². The van der Waals surface area contributed by atoms with Gasteiger partial charge in [-0.05, 0) is 41.0 Å². The number of aromatic carboxylic acids is 1. The number of nitrogens with zero attached hydrogens (tertiary/aromatic N) is 1. The minimum Gasteiger partial charge on any atom is -0.478 e. The normalized spacial score (nSPS) is 10.7. The third-order valence-corrected chi connectivity index (χ3v) is 4.25. The van der Waals surface area contributed by atoms with Crippen LogP contribution in [0.3, 0.4) is 0 Å². The Labute approximate surface area is 145 Å². The van der Waals surface area contributed by atoms with Gasteiger partial charge in [-0.3, -0.25) is 4.98 Å². The first-order valence-electron chi connectivity index (χ1n) is 8.00. The maximum Gasteiger partial charge on any atom is 0.335 e. The lowest BCUT2D eigenvalue weighted by molar-refractivity contribution is 0.0697. The predicted octanol–water partition coefficient (Wildman–Crippen LogP) is 5.27. The SMILES string of the molecule is O=C(O)c1ccc(-c2ccccc2)c(-c2cnc3ccccc3c2)c1. The number of aromatic nitrogens is 1. The maximum atomic E-state index is 11.4. The summed E-state index contributed by atoms with van der Waals surface area (Å²) in [5, 5.41) is 10.4. The van der Waals surface area contributed by atoms with Gasteiger partial charge in [-0.25, -0.2) is 4.79 Å². The number of benzene rings is 3. The number of carboxylic acids is 1. The summed E-state index contributed by atoms with van der Waals surface area (Å²) < 4.78 is 0. The number of para-hydroxylation sites is 1. The number of fused-ring (bicyclic) bond motifs is 1. The van der Waals surface area contributed by atoms with Gasteiger partial charge in [0, 0.05) is 17.1 Å². The van der Waals surface area contributed by atoms with E-state index in [4.69, 9.17) is 0 Å². The molecule has 0 aliphatic heterocycles. The van der Waals surface area contributed by atoms with Crippen LogP contribution >= 0.6 is 0 Å². The van der Waals surface area contributed by atoms with Crippen molar-refractivity contribution in [2.45, 2.75) is 0 Å². The molecule has 4 rings (SSSR count). The Morgan fingerprint density at radius 3 is 2.32 bits per heavy atom. The van der Waals surface area contributed by atoms with Crippen LogP contribution in [0.1, 0.15) is 10.4 Å². The second-order valence-electron chi connectivity index (χ2n) is 5.85. The summed E-state index contributed by atoms with van der Waals surface area (Å²) >= 11 is 0. The van der Waals surface area contributed by atoms with Gasteiger partial charge < -0.3 is 5.11 Å². The van der Waals surface area contributed by atoms with Crippen LogP contribution < -0.4 is 0 Å². The van der Waals surface area contributed by atoms with E-state index in [1.54, 1.807) is 18.3 Å². The molecule has 0 amide bonds. The molecule has 1 heterocycles. The maximum absolute atomic E-state index is 11.4. The average molecular weight is 325 g/mol. The molecule has 0 bridgehead atoms. The Kier molecular flexibility index (Phi) is 3.75. The molecule has 4 aromatic rings. The highest BCUT2D eigenvalue weighted by Crippen LogP contribution is 2.33. The fraction of sp³-hybridized carbons (Fsp3) is 0. The largest absolute Gasteiger partial charge is 0.478 e. The number of hydrogen-bond acceptors (Lipinski definition) is 2. The molecule has 0 aliphatic carbocycles. The van der Waals surface area contributed by atoms with Gasteiger partial charge in [-0.1, -0.05) is 54.6 Å². The van der Waals surface area contributed by atoms with E-state index >= 15 is 0 Å². The van der Waals surface area contributed by atoms with Gasteiger partial charge in [0.2, 0.25) is 0 Å². The van der Waals surface area contributed by atoms with E-state index in [-0.39, 0.29) is 5.56 Å². The van der Waals surface area contributed by atoms with Crippen LogP contribution in [-0.4, -0.2) is 16.1 Å². The van der Waals surface area contributed by atoms with Crippen LogP contribution in [0.4, 0.5) is 0 Å². The van der Waals surface area contributed by atoms with Crippen LogP contribution in [0.5, 0.6) is 0 Å². The van der Waals surface area contributed by atoms with Gasteiger partial charge in [-0.15, -0.1) is 0 Å². The first kappa shape index (κ1) is 15.1. The Balaban J connectivity index is 1.96. The Morgan fingerprint density at radius 1 is 0.760 bits per heavy atom. The molecule has 0 unspecified atom stereocenters. The fourth-order valence-corrected chi connectivity index (χ4v) is 3.00. The van der Waals surface area contributed by atoms with E-state index in [9.17, 15) is 9.90 Å². The summed E-state index contributed by atoms with van der Waals surface area (Å²) in [7, 11) is 0. The predicted molar refractivity (Wildman–Crippen MR) is 99.6 cm³/mol. The van der Waals surface area contributed by atoms with Crippen LogP contribution in [0.25, 0.3) is 33.2 Å². The number of carbonyl (C=O) groups is 1. The first-order chi connectivity index (χ1) is 12.2. The second kappa shape index (κ2) is 6.21. The molecule has 1 N–H and O–H groups in total. The van der Waals surface area contributed by atoms with Gasteiger partial charge >= 0.3 is 5.97 Å². The van der Waals surface area contributed by atoms with Crippen molar-refractivity contribution in [1.82, 2.24) is 4.98 Å². The van der Waals surface area contributed by atoms with Crippen molar-refractivity contribution in [3.05, 3.63) is 90.6 Å². The zero-order valence-corrected chi connectivity index (χ0v) is 13.4. The molecule has 0 spiro atoms. The van der Waals surface area contributed by atoms with Gasteiger partial charge in [0.25, 0.3) is 0 Å². The topological polar surface area (TPSA) is 50.2 Å². The van der Waals surface area contributed by atoms with Crippen molar-refractivity contribution in [2.75, 3.05) is 0 Å². The molecule has 0 aliphatic rings. The molecule has 0 atom stereocenters. The van der Waals surface area contributed by atoms with Gasteiger partial charge in [0.05, 0.1) is 11.1 Å². The van der Waals surface area contributed by atoms with E-state index < -0.39 is 5.97 Å². The first-order valence-corrected chi connectivity index (χ1v) is 8.00. The van der Waals surface area contributed by atoms with E-state index in [0.717, 1.165) is 33.2 Å². The van der Waals surface area contributed by atoms with Crippen LogP contribution in [0.2, 0.25) is 0 Å². The van der Waals surface area contributed by atoms with Gasteiger partial charge in [0.15, 0.2) is 0 Å². The summed E-state index contributed by atoms with van der Waals surface area (Å²) in [6, 6.07) is 25.1. The zero-order valence-electron chi connectivity index (χ0n) is 13.4. The third kappa shape index (κ3) is 2.88. The lowest BCUT2D eigenvalue weighted by Gasteiger charge is -2.12. The molecule has 0 saturated carbocycles. The van der Waals surface area contributed by atoms with Gasteiger partial charge in [-0.2, -0.15) is 0 Å². The molecule has 0 radical (unpaired) electrons. The summed E-state index contributed by atoms with van der Waals surface area (Å²) in [4.78, 5) is 15.9. The van der Waals surface area contributed by atoms with E-state index in [0.29, 0.717) is 0 Å². The summed E-state index contributed by atoms with van der Waals surface area (Å²) in [6.07, 6.45) is 1.80. The van der Waals surface area contributed by atoms with Gasteiger partial charge in [0.1, 0.15) is 0 Å². The molecule has 0 fully saturated rings. The summed E-state index contributed by atoms with van der Waals surface area (Å²) in [5.74, 6) is -0.936. The Bertz CT molecular complexity index is 1070. The lowest BCUT2D eigenvalue weighted by Crippen LogP contribution is -1.97. The monoisotopic (exact) mass is 325 g/mol. The minimum atomic E-state index is -0.936. The molecule has 3 aromatic carbocycles. The molecule has 1 aromatic heterocycles. The fourth-order valence-electron chi connectivity index (χ4n) is 3.00. The summed E-state index contributed by atoms with van der Waals surface area (Å²) in [5.41, 5.74) is 4.99. The molecule has 25 heavy (non-hydrogen) atoms. The summed E-state index contributed by atoms with van der Waals surface area (Å²) in [6.45, 7) is 0. The van der Waals surface area contributed by atoms with E-state index in [1.165, 1.54) is 0 Å². The Morgan fingerprint density at radius 2 is 1.52 bits per heavy atom. The van der Waals surface area contributed by atoms with Crippen molar-refractivity contribution in [3.8, 4) is 22.3 Å². The van der Waals surface area contributed by atoms with Crippen molar-refractivity contribution in [2.24, 2.45) is 0 Å². The molecule has 3 heteroatoms. The number of carboxylic acid groups (broad SMARTS) is 1. The number of rotatable bonds is 3. The molecule has 120 valence electrons. The quantitative estimate of drug-likeness (QED) is 0.558. The van der Waals surface area contributed by atoms with E-state index in [2.05, 4.69) is 11.1 Å². The number of pyridine rings is 1. The Hall–Kier alpha value is -3.46. The van der Waals surface area contributed by atoms with Crippen molar-refractivity contribution in [1.29, 1.82) is 0 Å². The van der Waals surface area contributed by atoms with Crippen LogP contribution in [0.15, 0.2) is 85.1 Å². The molecular weight excluding hydrogens is 310 g/mol. The highest BCUT2D eigenvalue weighted by atomic mass is 16.4. The zero-order chi connectivity index (χ0) is 17.2. The standard InChI is InChI=1S/C22H15NO2/c24-22(25)17-10-11-19(15-6-2-1-3-7-15)20(13-17)18-12-16-8-4-5-9-21(16)23-14-18/h1-14H,(H,24,25). The van der Waals surface area contributed by atoms with Crippen LogP contribution in [0, 0.1) is 0 Å². The van der Waals surface area contributed by atoms with Crippen molar-refractivity contribution >= 4 is 16.9 Å². The van der Waals surface area contributed by atoms with E-state index in [1.807, 2.05) is 60.7 Å². The molecule has 0 saturated heterocycles. The number of hydrogen-bond donors (Lipinski definition) is 1. The van der Waals surface area contributed by atoms with Crippen molar-refractivity contribution < 1.29 is 9.90 Å². The third-order valence-electron chi connectivity index (χ3n) is 4.25. The second-order valence-corrected chi connectivity index (χ2v) is 5.85. The minimum absolute atomic E-state index is 0.267. The molecule has 3 nitrogen and oxygen atoms in total. The highest BCUT2D eigenvalue weighted by molar-refractivity contribution is 5.94. The lowest BCUT2D eigenvalue weighted by atomic mass is 9.93. The average Bonchev–Trinajstić information content (AvgIpc) is 2.68. The van der Waals surface area contributed by atoms with Crippen LogP contribution in [-0.2, 0) is 0 Å².